The Morgan fingerprint density at radius 2 is 2.21 bits per heavy atom. The Morgan fingerprint density at radius 3 is 3.06 bits per heavy atom. The number of hydrogen-bond donors (Lipinski definition) is 1. The van der Waals surface area contributed by atoms with Gasteiger partial charge in [-0.05, 0) is 49.4 Å². The van der Waals surface area contributed by atoms with E-state index in [-0.39, 0.29) is 25.4 Å². The SMILES string of the molecule is CCOC(=O)C1(NCc2ccc3c(c2)OCO3)CCN(c2ncc3ccsc3n2)C(C)C1Cl. The fraction of sp³-hybridized carbons (Fsp3) is 0.435. The summed E-state index contributed by atoms with van der Waals surface area (Å²) in [6, 6.07) is 7.54. The van der Waals surface area contributed by atoms with Gasteiger partial charge in [0, 0.05) is 30.7 Å². The molecule has 3 aromatic rings. The first kappa shape index (κ1) is 22.2. The van der Waals surface area contributed by atoms with Crippen LogP contribution in [-0.4, -0.2) is 52.8 Å². The van der Waals surface area contributed by atoms with Gasteiger partial charge in [0.1, 0.15) is 10.4 Å². The number of halogens is 1. The fourth-order valence-electron chi connectivity index (χ4n) is 4.42. The number of ether oxygens (including phenoxy) is 3. The van der Waals surface area contributed by atoms with E-state index < -0.39 is 10.9 Å². The summed E-state index contributed by atoms with van der Waals surface area (Å²) < 4.78 is 16.3. The Bertz CT molecular complexity index is 1170. The van der Waals surface area contributed by atoms with E-state index in [1.54, 1.807) is 18.3 Å². The number of aromatic nitrogens is 2. The van der Waals surface area contributed by atoms with Gasteiger partial charge < -0.3 is 19.1 Å². The van der Waals surface area contributed by atoms with Crippen LogP contribution in [0.15, 0.2) is 35.8 Å². The molecule has 0 aliphatic carbocycles. The third-order valence-corrected chi connectivity index (χ3v) is 7.83. The van der Waals surface area contributed by atoms with Crippen LogP contribution in [-0.2, 0) is 16.1 Å². The predicted octanol–water partition coefficient (Wildman–Crippen LogP) is 3.72. The lowest BCUT2D eigenvalue weighted by atomic mass is 9.82. The van der Waals surface area contributed by atoms with Crippen molar-refractivity contribution in [3.8, 4) is 11.5 Å². The minimum absolute atomic E-state index is 0.202. The van der Waals surface area contributed by atoms with E-state index >= 15 is 0 Å². The van der Waals surface area contributed by atoms with Crippen molar-refractivity contribution in [2.45, 2.75) is 43.8 Å². The minimum atomic E-state index is -1.04. The van der Waals surface area contributed by atoms with Crippen LogP contribution in [0.2, 0.25) is 0 Å². The van der Waals surface area contributed by atoms with Crippen LogP contribution in [0, 0.1) is 0 Å². The highest BCUT2D eigenvalue weighted by atomic mass is 35.5. The molecule has 4 heterocycles. The van der Waals surface area contributed by atoms with Crippen LogP contribution in [0.1, 0.15) is 25.8 Å². The average molecular weight is 489 g/mol. The van der Waals surface area contributed by atoms with Crippen LogP contribution >= 0.6 is 22.9 Å². The van der Waals surface area contributed by atoms with Gasteiger partial charge in [-0.3, -0.25) is 5.32 Å². The molecule has 2 aliphatic heterocycles. The van der Waals surface area contributed by atoms with E-state index in [9.17, 15) is 4.79 Å². The van der Waals surface area contributed by atoms with Gasteiger partial charge in [0.05, 0.1) is 12.0 Å². The lowest BCUT2D eigenvalue weighted by molar-refractivity contribution is -0.152. The van der Waals surface area contributed by atoms with Crippen molar-refractivity contribution in [2.24, 2.45) is 0 Å². The van der Waals surface area contributed by atoms with Crippen LogP contribution in [0.5, 0.6) is 11.5 Å². The van der Waals surface area contributed by atoms with Gasteiger partial charge in [-0.15, -0.1) is 22.9 Å². The van der Waals surface area contributed by atoms with Crippen molar-refractivity contribution in [2.75, 3.05) is 24.8 Å². The summed E-state index contributed by atoms with van der Waals surface area (Å²) in [5, 5.41) is 5.88. The van der Waals surface area contributed by atoms with Gasteiger partial charge in [0.25, 0.3) is 0 Å². The lowest BCUT2D eigenvalue weighted by Crippen LogP contribution is -2.68. The molecule has 0 spiro atoms. The monoisotopic (exact) mass is 488 g/mol. The molecule has 5 rings (SSSR count). The van der Waals surface area contributed by atoms with Crippen molar-refractivity contribution < 1.29 is 19.0 Å². The number of anilines is 1. The van der Waals surface area contributed by atoms with Crippen LogP contribution in [0.25, 0.3) is 10.2 Å². The summed E-state index contributed by atoms with van der Waals surface area (Å²) in [6.45, 7) is 5.29. The minimum Gasteiger partial charge on any atom is -0.465 e. The second kappa shape index (κ2) is 8.96. The van der Waals surface area contributed by atoms with Gasteiger partial charge in [0.15, 0.2) is 11.5 Å². The highest BCUT2D eigenvalue weighted by Gasteiger charge is 2.53. The molecule has 8 nitrogen and oxygen atoms in total. The number of nitrogens with zero attached hydrogens (tertiary/aromatic N) is 3. The molecule has 10 heteroatoms. The van der Waals surface area contributed by atoms with E-state index in [0.717, 1.165) is 21.5 Å². The number of fused-ring (bicyclic) bond motifs is 2. The number of carbonyl (C=O) groups is 1. The molecule has 0 amide bonds. The third-order valence-electron chi connectivity index (χ3n) is 6.27. The molecule has 1 aromatic carbocycles. The quantitative estimate of drug-likeness (QED) is 0.415. The standard InChI is InChI=1S/C23H25ClN4O4S/c1-3-30-21(29)23(26-11-15-4-5-17-18(10-15)32-13-31-17)7-8-28(14(2)19(23)24)22-25-12-16-6-9-33-20(16)27-22/h4-6,9-10,12,14,19,26H,3,7-8,11,13H2,1-2H3. The summed E-state index contributed by atoms with van der Waals surface area (Å²) in [5.74, 6) is 1.70. The smallest absolute Gasteiger partial charge is 0.328 e. The maximum absolute atomic E-state index is 13.2. The molecule has 33 heavy (non-hydrogen) atoms. The molecule has 2 aromatic heterocycles. The van der Waals surface area contributed by atoms with Crippen molar-refractivity contribution in [1.82, 2.24) is 15.3 Å². The first-order valence-electron chi connectivity index (χ1n) is 10.9. The largest absolute Gasteiger partial charge is 0.465 e. The zero-order valence-electron chi connectivity index (χ0n) is 18.4. The third kappa shape index (κ3) is 3.98. The Hall–Kier alpha value is -2.62. The van der Waals surface area contributed by atoms with Crippen LogP contribution < -0.4 is 19.7 Å². The Morgan fingerprint density at radius 1 is 1.36 bits per heavy atom. The number of nitrogens with one attached hydrogen (secondary N) is 1. The number of hydrogen-bond acceptors (Lipinski definition) is 9. The van der Waals surface area contributed by atoms with Crippen LogP contribution in [0.3, 0.4) is 0 Å². The van der Waals surface area contributed by atoms with Crippen molar-refractivity contribution in [3.05, 3.63) is 41.4 Å². The summed E-state index contributed by atoms with van der Waals surface area (Å²) in [4.78, 5) is 25.5. The molecular weight excluding hydrogens is 464 g/mol. The number of benzene rings is 1. The summed E-state index contributed by atoms with van der Waals surface area (Å²) in [6.07, 6.45) is 2.29. The molecular formula is C23H25ClN4O4S. The fourth-order valence-corrected chi connectivity index (χ4v) is 5.57. The van der Waals surface area contributed by atoms with Crippen molar-refractivity contribution in [1.29, 1.82) is 0 Å². The van der Waals surface area contributed by atoms with Crippen LogP contribution in [0.4, 0.5) is 5.95 Å². The molecule has 174 valence electrons. The van der Waals surface area contributed by atoms with Crippen molar-refractivity contribution >= 4 is 45.1 Å². The Balaban J connectivity index is 1.39. The number of esters is 1. The van der Waals surface area contributed by atoms with E-state index in [0.29, 0.717) is 31.2 Å². The molecule has 0 radical (unpaired) electrons. The number of rotatable bonds is 6. The first-order valence-corrected chi connectivity index (χ1v) is 12.2. The number of piperidine rings is 1. The second-order valence-electron chi connectivity index (χ2n) is 8.17. The summed E-state index contributed by atoms with van der Waals surface area (Å²) in [7, 11) is 0. The molecule has 0 bridgehead atoms. The van der Waals surface area contributed by atoms with Gasteiger partial charge in [-0.2, -0.15) is 0 Å². The number of carbonyl (C=O) groups excluding carboxylic acids is 1. The molecule has 3 atom stereocenters. The molecule has 1 saturated heterocycles. The lowest BCUT2D eigenvalue weighted by Gasteiger charge is -2.47. The highest BCUT2D eigenvalue weighted by Crippen LogP contribution is 2.37. The molecule has 0 saturated carbocycles. The zero-order valence-corrected chi connectivity index (χ0v) is 20.0. The molecule has 2 aliphatic rings. The van der Waals surface area contributed by atoms with Gasteiger partial charge in [0.2, 0.25) is 12.7 Å². The topological polar surface area (TPSA) is 85.8 Å². The number of alkyl halides is 1. The average Bonchev–Trinajstić information content (AvgIpc) is 3.48. The zero-order chi connectivity index (χ0) is 23.0. The molecule has 1 fully saturated rings. The maximum Gasteiger partial charge on any atom is 0.328 e. The van der Waals surface area contributed by atoms with E-state index in [1.807, 2.05) is 42.8 Å². The van der Waals surface area contributed by atoms with E-state index in [2.05, 4.69) is 15.2 Å². The highest BCUT2D eigenvalue weighted by molar-refractivity contribution is 7.16. The Labute approximate surface area is 200 Å². The van der Waals surface area contributed by atoms with Gasteiger partial charge in [-0.25, -0.2) is 14.8 Å². The number of thiophene rings is 1. The maximum atomic E-state index is 13.2. The molecule has 3 unspecified atom stereocenters. The second-order valence-corrected chi connectivity index (χ2v) is 9.53. The van der Waals surface area contributed by atoms with E-state index in [4.69, 9.17) is 30.8 Å². The van der Waals surface area contributed by atoms with Gasteiger partial charge >= 0.3 is 5.97 Å². The normalized spacial score (nSPS) is 24.3. The predicted molar refractivity (Wildman–Crippen MR) is 127 cm³/mol. The summed E-state index contributed by atoms with van der Waals surface area (Å²) in [5.41, 5.74) is -0.0787. The molecule has 1 N–H and O–H groups in total. The summed E-state index contributed by atoms with van der Waals surface area (Å²) >= 11 is 8.60. The van der Waals surface area contributed by atoms with Crippen molar-refractivity contribution in [3.63, 3.8) is 0 Å². The first-order chi connectivity index (χ1) is 16.0. The Kier molecular flexibility index (Phi) is 6.03. The van der Waals surface area contributed by atoms with Gasteiger partial charge in [-0.1, -0.05) is 6.07 Å². The van der Waals surface area contributed by atoms with E-state index in [1.165, 1.54) is 0 Å².